The maximum atomic E-state index is 12.6. The zero-order valence-corrected chi connectivity index (χ0v) is 13.3. The summed E-state index contributed by atoms with van der Waals surface area (Å²) < 4.78 is 0. The number of piperazine rings is 1. The summed E-state index contributed by atoms with van der Waals surface area (Å²) in [7, 11) is 1.76. The summed E-state index contributed by atoms with van der Waals surface area (Å²) in [4.78, 5) is 29.6. The van der Waals surface area contributed by atoms with E-state index in [-0.39, 0.29) is 11.8 Å². The predicted octanol–water partition coefficient (Wildman–Crippen LogP) is 0.751. The lowest BCUT2D eigenvalue weighted by molar-refractivity contribution is -0.144. The summed E-state index contributed by atoms with van der Waals surface area (Å²) in [5, 5.41) is 0. The molecule has 1 aliphatic heterocycles. The number of nitrogens with zero attached hydrogens (tertiary/aromatic N) is 2. The lowest BCUT2D eigenvalue weighted by Crippen LogP contribution is -2.63. The second kappa shape index (κ2) is 5.88. The van der Waals surface area contributed by atoms with Gasteiger partial charge in [0, 0.05) is 20.1 Å². The van der Waals surface area contributed by atoms with Crippen LogP contribution in [-0.2, 0) is 4.79 Å². The van der Waals surface area contributed by atoms with Gasteiger partial charge in [0.25, 0.3) is 5.91 Å². The van der Waals surface area contributed by atoms with E-state index in [0.29, 0.717) is 24.5 Å². The van der Waals surface area contributed by atoms with E-state index in [4.69, 9.17) is 5.73 Å². The fraction of sp³-hybridized carbons (Fsp3) is 0.467. The van der Waals surface area contributed by atoms with Crippen LogP contribution in [0.1, 0.15) is 28.4 Å². The quantitative estimate of drug-likeness (QED) is 0.779. The highest BCUT2D eigenvalue weighted by molar-refractivity contribution is 7.14. The van der Waals surface area contributed by atoms with Gasteiger partial charge < -0.3 is 15.5 Å². The first-order valence-corrected chi connectivity index (χ1v) is 7.56. The van der Waals surface area contributed by atoms with Crippen LogP contribution in [0.5, 0.6) is 0 Å². The lowest BCUT2D eigenvalue weighted by atomic mass is 9.97. The van der Waals surface area contributed by atoms with Crippen molar-refractivity contribution in [1.29, 1.82) is 0 Å². The fourth-order valence-electron chi connectivity index (χ4n) is 2.36. The molecule has 2 amide bonds. The number of nitrogens with two attached hydrogens (primary N) is 1. The zero-order valence-electron chi connectivity index (χ0n) is 12.5. The Kier molecular flexibility index (Phi) is 4.35. The minimum absolute atomic E-state index is 0.0400. The number of carbonyl (C=O) groups excluding carboxylic acids is 2. The van der Waals surface area contributed by atoms with Gasteiger partial charge in [-0.05, 0) is 26.0 Å². The van der Waals surface area contributed by atoms with Gasteiger partial charge in [0.2, 0.25) is 5.91 Å². The number of amides is 2. The molecule has 1 saturated heterocycles. The summed E-state index contributed by atoms with van der Waals surface area (Å²) in [6.45, 7) is 4.95. The molecule has 112 valence electrons. The summed E-state index contributed by atoms with van der Waals surface area (Å²) in [6.07, 6.45) is 0. The largest absolute Gasteiger partial charge is 0.342 e. The highest BCUT2D eigenvalue weighted by Crippen LogP contribution is 2.26. The maximum Gasteiger partial charge on any atom is 0.264 e. The molecule has 2 N–H and O–H groups in total. The molecule has 1 aromatic rings. The third-order valence-corrected chi connectivity index (χ3v) is 4.57. The maximum absolute atomic E-state index is 12.6. The first-order valence-electron chi connectivity index (χ1n) is 6.74. The number of likely N-dealkylation sites (N-methyl/N-ethyl adjacent to an activating group) is 1. The van der Waals surface area contributed by atoms with Gasteiger partial charge >= 0.3 is 0 Å². The Labute approximate surface area is 128 Å². The molecule has 1 aromatic heterocycles. The molecular formula is C15H19N3O2S. The first kappa shape index (κ1) is 15.5. The molecule has 0 radical (unpaired) electrons. The average molecular weight is 305 g/mol. The topological polar surface area (TPSA) is 66.6 Å². The minimum atomic E-state index is -0.822. The van der Waals surface area contributed by atoms with Gasteiger partial charge in [0.1, 0.15) is 5.54 Å². The Balaban J connectivity index is 2.23. The lowest BCUT2D eigenvalue weighted by Gasteiger charge is -2.44. The van der Waals surface area contributed by atoms with Crippen LogP contribution < -0.4 is 5.73 Å². The standard InChI is InChI=1S/C15H19N3O2S/c1-15(2)14(20)17(3)9-10-18(15)13(19)12-7-6-11(21-12)5-4-8-16/h6-7H,8-10,16H2,1-3H3. The highest BCUT2D eigenvalue weighted by Gasteiger charge is 2.43. The second-order valence-electron chi connectivity index (χ2n) is 5.41. The molecule has 0 unspecified atom stereocenters. The first-order chi connectivity index (χ1) is 9.87. The number of carbonyl (C=O) groups is 2. The highest BCUT2D eigenvalue weighted by atomic mass is 32.1. The van der Waals surface area contributed by atoms with Crippen molar-refractivity contribution in [3.8, 4) is 11.8 Å². The third-order valence-electron chi connectivity index (χ3n) is 3.58. The van der Waals surface area contributed by atoms with Crippen molar-refractivity contribution in [3.05, 3.63) is 21.9 Å². The van der Waals surface area contributed by atoms with E-state index >= 15 is 0 Å². The molecule has 0 bridgehead atoms. The van der Waals surface area contributed by atoms with E-state index in [0.717, 1.165) is 4.88 Å². The normalized spacial score (nSPS) is 17.4. The summed E-state index contributed by atoms with van der Waals surface area (Å²) in [5.74, 6) is 5.53. The third kappa shape index (κ3) is 2.94. The van der Waals surface area contributed by atoms with Gasteiger partial charge in [0.15, 0.2) is 0 Å². The monoisotopic (exact) mass is 305 g/mol. The molecule has 21 heavy (non-hydrogen) atoms. The molecule has 0 spiro atoms. The summed E-state index contributed by atoms with van der Waals surface area (Å²) in [5.41, 5.74) is 4.52. The van der Waals surface area contributed by atoms with Crippen molar-refractivity contribution in [2.45, 2.75) is 19.4 Å². The molecule has 2 rings (SSSR count). The van der Waals surface area contributed by atoms with Crippen molar-refractivity contribution in [1.82, 2.24) is 9.80 Å². The Bertz CT molecular complexity index is 624. The molecule has 2 heterocycles. The number of thiophene rings is 1. The van der Waals surface area contributed by atoms with E-state index in [1.165, 1.54) is 11.3 Å². The van der Waals surface area contributed by atoms with E-state index in [1.807, 2.05) is 6.07 Å². The molecule has 0 saturated carbocycles. The molecular weight excluding hydrogens is 286 g/mol. The molecule has 0 atom stereocenters. The van der Waals surface area contributed by atoms with Crippen LogP contribution in [0.15, 0.2) is 12.1 Å². The van der Waals surface area contributed by atoms with Crippen LogP contribution in [0.25, 0.3) is 0 Å². The van der Waals surface area contributed by atoms with Crippen LogP contribution in [-0.4, -0.2) is 53.8 Å². The molecule has 6 heteroatoms. The average Bonchev–Trinajstić information content (AvgIpc) is 2.91. The predicted molar refractivity (Wildman–Crippen MR) is 83.0 cm³/mol. The van der Waals surface area contributed by atoms with Gasteiger partial charge in [-0.25, -0.2) is 0 Å². The van der Waals surface area contributed by atoms with Gasteiger partial charge in [-0.3, -0.25) is 9.59 Å². The van der Waals surface area contributed by atoms with E-state index in [9.17, 15) is 9.59 Å². The molecule has 0 aromatic carbocycles. The van der Waals surface area contributed by atoms with Crippen molar-refractivity contribution >= 4 is 23.2 Å². The van der Waals surface area contributed by atoms with Crippen LogP contribution >= 0.6 is 11.3 Å². The van der Waals surface area contributed by atoms with Gasteiger partial charge in [0.05, 0.1) is 16.3 Å². The molecule has 5 nitrogen and oxygen atoms in total. The van der Waals surface area contributed by atoms with Crippen molar-refractivity contribution in [2.24, 2.45) is 5.73 Å². The molecule has 0 aliphatic carbocycles. The van der Waals surface area contributed by atoms with Crippen LogP contribution in [0.4, 0.5) is 0 Å². The Morgan fingerprint density at radius 1 is 1.43 bits per heavy atom. The van der Waals surface area contributed by atoms with Gasteiger partial charge in [-0.1, -0.05) is 11.8 Å². The summed E-state index contributed by atoms with van der Waals surface area (Å²) in [6, 6.07) is 3.57. The summed E-state index contributed by atoms with van der Waals surface area (Å²) >= 11 is 1.33. The zero-order chi connectivity index (χ0) is 15.6. The van der Waals surface area contributed by atoms with E-state index in [2.05, 4.69) is 11.8 Å². The fourth-order valence-corrected chi connectivity index (χ4v) is 3.19. The SMILES string of the molecule is CN1CCN(C(=O)c2ccc(C#CCN)s2)C(C)(C)C1=O. The number of rotatable bonds is 1. The van der Waals surface area contributed by atoms with Crippen LogP contribution in [0.2, 0.25) is 0 Å². The molecule has 1 aliphatic rings. The number of hydrogen-bond donors (Lipinski definition) is 1. The Hall–Kier alpha value is -1.84. The van der Waals surface area contributed by atoms with Gasteiger partial charge in [-0.15, -0.1) is 11.3 Å². The second-order valence-corrected chi connectivity index (χ2v) is 6.50. The van der Waals surface area contributed by atoms with Gasteiger partial charge in [-0.2, -0.15) is 0 Å². The van der Waals surface area contributed by atoms with Crippen molar-refractivity contribution in [3.63, 3.8) is 0 Å². The van der Waals surface area contributed by atoms with Crippen molar-refractivity contribution < 1.29 is 9.59 Å². The Morgan fingerprint density at radius 3 is 2.81 bits per heavy atom. The Morgan fingerprint density at radius 2 is 2.14 bits per heavy atom. The van der Waals surface area contributed by atoms with E-state index < -0.39 is 5.54 Å². The minimum Gasteiger partial charge on any atom is -0.342 e. The van der Waals surface area contributed by atoms with Crippen LogP contribution in [0, 0.1) is 11.8 Å². The van der Waals surface area contributed by atoms with Crippen LogP contribution in [0.3, 0.4) is 0 Å². The number of hydrogen-bond acceptors (Lipinski definition) is 4. The smallest absolute Gasteiger partial charge is 0.264 e. The van der Waals surface area contributed by atoms with Crippen molar-refractivity contribution in [2.75, 3.05) is 26.7 Å². The molecule has 1 fully saturated rings. The van der Waals surface area contributed by atoms with E-state index in [1.54, 1.807) is 36.8 Å².